The molecular weight excluding hydrogens is 275 g/mol. The van der Waals surface area contributed by atoms with E-state index >= 15 is 0 Å². The second-order valence-electron chi connectivity index (χ2n) is 4.50. The van der Waals surface area contributed by atoms with Gasteiger partial charge in [-0.15, -0.1) is 0 Å². The highest BCUT2D eigenvalue weighted by atomic mass is 19.1. The SMILES string of the molecule is CC(=O)Nc1ccc(F)c(NC(=O)CCc2ccco2)c1. The average molecular weight is 290 g/mol. The first-order valence-electron chi connectivity index (χ1n) is 6.44. The first-order chi connectivity index (χ1) is 10.0. The summed E-state index contributed by atoms with van der Waals surface area (Å²) in [6.07, 6.45) is 2.15. The van der Waals surface area contributed by atoms with E-state index < -0.39 is 5.82 Å². The third kappa shape index (κ3) is 4.45. The van der Waals surface area contributed by atoms with Crippen LogP contribution in [0.1, 0.15) is 19.1 Å². The second kappa shape index (κ2) is 6.69. The van der Waals surface area contributed by atoms with Crippen molar-refractivity contribution in [2.45, 2.75) is 19.8 Å². The predicted octanol–water partition coefficient (Wildman–Crippen LogP) is 2.95. The molecule has 2 amide bonds. The predicted molar refractivity (Wildman–Crippen MR) is 76.4 cm³/mol. The van der Waals surface area contributed by atoms with Gasteiger partial charge in [0.25, 0.3) is 0 Å². The molecule has 0 bridgehead atoms. The van der Waals surface area contributed by atoms with Crippen molar-refractivity contribution in [1.29, 1.82) is 0 Å². The molecule has 21 heavy (non-hydrogen) atoms. The van der Waals surface area contributed by atoms with Gasteiger partial charge in [-0.2, -0.15) is 0 Å². The van der Waals surface area contributed by atoms with Crippen molar-refractivity contribution in [2.75, 3.05) is 10.6 Å². The van der Waals surface area contributed by atoms with E-state index in [9.17, 15) is 14.0 Å². The molecule has 2 aromatic rings. The summed E-state index contributed by atoms with van der Waals surface area (Å²) in [4.78, 5) is 22.7. The van der Waals surface area contributed by atoms with E-state index in [0.717, 1.165) is 0 Å². The van der Waals surface area contributed by atoms with E-state index in [0.29, 0.717) is 17.9 Å². The molecule has 0 fully saturated rings. The molecule has 0 radical (unpaired) electrons. The van der Waals surface area contributed by atoms with Gasteiger partial charge in [0.1, 0.15) is 11.6 Å². The number of halogens is 1. The van der Waals surface area contributed by atoms with Crippen LogP contribution < -0.4 is 10.6 Å². The maximum absolute atomic E-state index is 13.6. The van der Waals surface area contributed by atoms with Gasteiger partial charge < -0.3 is 15.1 Å². The normalized spacial score (nSPS) is 10.2. The van der Waals surface area contributed by atoms with Crippen molar-refractivity contribution in [3.8, 4) is 0 Å². The number of anilines is 2. The lowest BCUT2D eigenvalue weighted by atomic mass is 10.2. The zero-order valence-electron chi connectivity index (χ0n) is 11.5. The zero-order chi connectivity index (χ0) is 15.2. The van der Waals surface area contributed by atoms with Crippen molar-refractivity contribution >= 4 is 23.2 Å². The van der Waals surface area contributed by atoms with Crippen molar-refractivity contribution in [3.63, 3.8) is 0 Å². The molecule has 0 aliphatic heterocycles. The topological polar surface area (TPSA) is 71.3 Å². The van der Waals surface area contributed by atoms with Crippen LogP contribution in [0.3, 0.4) is 0 Å². The Morgan fingerprint density at radius 2 is 2.05 bits per heavy atom. The highest BCUT2D eigenvalue weighted by Gasteiger charge is 2.09. The molecule has 2 rings (SSSR count). The fourth-order valence-corrected chi connectivity index (χ4v) is 1.81. The summed E-state index contributed by atoms with van der Waals surface area (Å²) < 4.78 is 18.8. The molecule has 1 aromatic carbocycles. The van der Waals surface area contributed by atoms with Crippen molar-refractivity contribution < 1.29 is 18.4 Å². The summed E-state index contributed by atoms with van der Waals surface area (Å²) in [6, 6.07) is 7.50. The summed E-state index contributed by atoms with van der Waals surface area (Å²) in [6.45, 7) is 1.35. The first kappa shape index (κ1) is 14.8. The van der Waals surface area contributed by atoms with Crippen LogP contribution in [0.25, 0.3) is 0 Å². The number of rotatable bonds is 5. The summed E-state index contributed by atoms with van der Waals surface area (Å²) in [5.74, 6) is -0.463. The molecule has 110 valence electrons. The Labute approximate surface area is 121 Å². The molecular formula is C15H15FN2O3. The largest absolute Gasteiger partial charge is 0.469 e. The number of carbonyl (C=O) groups excluding carboxylic acids is 2. The standard InChI is InChI=1S/C15H15FN2O3/c1-10(19)17-11-4-6-13(16)14(9-11)18-15(20)7-5-12-3-2-8-21-12/h2-4,6,8-9H,5,7H2,1H3,(H,17,19)(H,18,20). The summed E-state index contributed by atoms with van der Waals surface area (Å²) >= 11 is 0. The van der Waals surface area contributed by atoms with Gasteiger partial charge in [-0.3, -0.25) is 9.59 Å². The first-order valence-corrected chi connectivity index (χ1v) is 6.44. The summed E-state index contributed by atoms with van der Waals surface area (Å²) in [7, 11) is 0. The van der Waals surface area contributed by atoms with E-state index in [-0.39, 0.29) is 23.9 Å². The number of hydrogen-bond acceptors (Lipinski definition) is 3. The van der Waals surface area contributed by atoms with E-state index in [1.165, 1.54) is 31.4 Å². The van der Waals surface area contributed by atoms with Gasteiger partial charge in [-0.1, -0.05) is 0 Å². The van der Waals surface area contributed by atoms with Gasteiger partial charge in [-0.05, 0) is 30.3 Å². The Morgan fingerprint density at radius 3 is 2.71 bits per heavy atom. The van der Waals surface area contributed by atoms with Gasteiger partial charge in [0.15, 0.2) is 0 Å². The molecule has 0 aliphatic rings. The molecule has 0 aliphatic carbocycles. The Hall–Kier alpha value is -2.63. The van der Waals surface area contributed by atoms with Crippen LogP contribution in [0.15, 0.2) is 41.0 Å². The lowest BCUT2D eigenvalue weighted by Gasteiger charge is -2.09. The fraction of sp³-hybridized carbons (Fsp3) is 0.200. The van der Waals surface area contributed by atoms with Crippen LogP contribution in [0.2, 0.25) is 0 Å². The van der Waals surface area contributed by atoms with E-state index in [1.54, 1.807) is 12.1 Å². The van der Waals surface area contributed by atoms with Crippen molar-refractivity contribution in [3.05, 3.63) is 48.2 Å². The molecule has 0 saturated heterocycles. The van der Waals surface area contributed by atoms with Gasteiger partial charge in [0.05, 0.1) is 12.0 Å². The third-order valence-electron chi connectivity index (χ3n) is 2.74. The molecule has 0 unspecified atom stereocenters. The Morgan fingerprint density at radius 1 is 1.24 bits per heavy atom. The zero-order valence-corrected chi connectivity index (χ0v) is 11.5. The minimum atomic E-state index is -0.560. The van der Waals surface area contributed by atoms with Crippen LogP contribution in [0.4, 0.5) is 15.8 Å². The minimum Gasteiger partial charge on any atom is -0.469 e. The van der Waals surface area contributed by atoms with Crippen LogP contribution >= 0.6 is 0 Å². The average Bonchev–Trinajstić information content (AvgIpc) is 2.93. The van der Waals surface area contributed by atoms with Gasteiger partial charge in [-0.25, -0.2) is 4.39 Å². The third-order valence-corrected chi connectivity index (χ3v) is 2.74. The number of benzene rings is 1. The highest BCUT2D eigenvalue weighted by Crippen LogP contribution is 2.20. The number of furan rings is 1. The Kier molecular flexibility index (Phi) is 4.71. The lowest BCUT2D eigenvalue weighted by molar-refractivity contribution is -0.116. The number of nitrogens with one attached hydrogen (secondary N) is 2. The highest BCUT2D eigenvalue weighted by molar-refractivity contribution is 5.93. The lowest BCUT2D eigenvalue weighted by Crippen LogP contribution is -2.14. The van der Waals surface area contributed by atoms with E-state index in [2.05, 4.69) is 10.6 Å². The van der Waals surface area contributed by atoms with Gasteiger partial charge >= 0.3 is 0 Å². The molecule has 0 saturated carbocycles. The van der Waals surface area contributed by atoms with Gasteiger partial charge in [0.2, 0.25) is 11.8 Å². The van der Waals surface area contributed by atoms with Crippen molar-refractivity contribution in [1.82, 2.24) is 0 Å². The molecule has 1 aromatic heterocycles. The van der Waals surface area contributed by atoms with E-state index in [1.807, 2.05) is 0 Å². The number of hydrogen-bond donors (Lipinski definition) is 2. The smallest absolute Gasteiger partial charge is 0.224 e. The monoisotopic (exact) mass is 290 g/mol. The number of amides is 2. The van der Waals surface area contributed by atoms with Crippen molar-refractivity contribution in [2.24, 2.45) is 0 Å². The Balaban J connectivity index is 1.97. The molecule has 0 spiro atoms. The van der Waals surface area contributed by atoms with Crippen LogP contribution in [0, 0.1) is 5.82 Å². The minimum absolute atomic E-state index is 0.0331. The summed E-state index contributed by atoms with van der Waals surface area (Å²) in [5.41, 5.74) is 0.455. The Bertz CT molecular complexity index is 638. The summed E-state index contributed by atoms with van der Waals surface area (Å²) in [5, 5.41) is 5.01. The molecule has 0 atom stereocenters. The fourth-order valence-electron chi connectivity index (χ4n) is 1.81. The van der Waals surface area contributed by atoms with Crippen LogP contribution in [0.5, 0.6) is 0 Å². The molecule has 1 heterocycles. The number of aryl methyl sites for hydroxylation is 1. The number of carbonyl (C=O) groups is 2. The van der Waals surface area contributed by atoms with Gasteiger partial charge in [0, 0.05) is 25.5 Å². The molecule has 5 nitrogen and oxygen atoms in total. The molecule has 6 heteroatoms. The molecule has 2 N–H and O–H groups in total. The van der Waals surface area contributed by atoms with E-state index in [4.69, 9.17) is 4.42 Å². The maximum atomic E-state index is 13.6. The van der Waals surface area contributed by atoms with Crippen LogP contribution in [-0.4, -0.2) is 11.8 Å². The van der Waals surface area contributed by atoms with Crippen LogP contribution in [-0.2, 0) is 16.0 Å². The maximum Gasteiger partial charge on any atom is 0.224 e. The second-order valence-corrected chi connectivity index (χ2v) is 4.50. The quantitative estimate of drug-likeness (QED) is 0.889.